The van der Waals surface area contributed by atoms with Crippen LogP contribution in [-0.4, -0.2) is 64.8 Å². The van der Waals surface area contributed by atoms with Gasteiger partial charge in [-0.2, -0.15) is 33.7 Å². The second kappa shape index (κ2) is 11.7. The summed E-state index contributed by atoms with van der Waals surface area (Å²) in [6, 6.07) is 0. The Morgan fingerprint density at radius 2 is 1.89 bits per heavy atom. The van der Waals surface area contributed by atoms with Gasteiger partial charge in [-0.3, -0.25) is 9.35 Å². The van der Waals surface area contributed by atoms with Crippen LogP contribution >= 0.6 is 25.3 Å². The van der Waals surface area contributed by atoms with Crippen molar-refractivity contribution in [3.8, 4) is 0 Å². The van der Waals surface area contributed by atoms with Gasteiger partial charge in [0.25, 0.3) is 10.1 Å². The van der Waals surface area contributed by atoms with Crippen molar-refractivity contribution >= 4 is 70.8 Å². The SMILES string of the molecule is CC(NC(=O)CCCCC(S)CCS)S(=O)(=O)O.[NaH]. The molecule has 0 heterocycles. The predicted octanol–water partition coefficient (Wildman–Crippen LogP) is 0.867. The molecule has 0 saturated heterocycles. The average molecular weight is 339 g/mol. The molecule has 0 rings (SSSR count). The van der Waals surface area contributed by atoms with E-state index in [0.717, 1.165) is 25.0 Å². The van der Waals surface area contributed by atoms with Gasteiger partial charge >= 0.3 is 29.6 Å². The standard InChI is InChI=1S/C10H21NO4S3.Na.H/c1-8(18(13,14)15)11-10(12)5-3-2-4-9(17)6-7-16;;/h8-9,16-17H,2-7H2,1H3,(H,11,12)(H,13,14,15);;. The third-order valence-corrected chi connectivity index (χ3v) is 4.25. The third kappa shape index (κ3) is 12.5. The van der Waals surface area contributed by atoms with Crippen LogP contribution in [0, 0.1) is 0 Å². The van der Waals surface area contributed by atoms with Gasteiger partial charge in [-0.05, 0) is 31.9 Å². The Hall–Kier alpha value is 1.08. The van der Waals surface area contributed by atoms with E-state index in [4.69, 9.17) is 4.55 Å². The quantitative estimate of drug-likeness (QED) is 0.217. The summed E-state index contributed by atoms with van der Waals surface area (Å²) < 4.78 is 30.0. The zero-order valence-corrected chi connectivity index (χ0v) is 13.0. The second-order valence-electron chi connectivity index (χ2n) is 4.14. The van der Waals surface area contributed by atoms with Gasteiger partial charge in [0, 0.05) is 11.7 Å². The molecule has 0 bridgehead atoms. The van der Waals surface area contributed by atoms with Gasteiger partial charge < -0.3 is 5.32 Å². The molecule has 0 aliphatic heterocycles. The number of carbonyl (C=O) groups is 1. The van der Waals surface area contributed by atoms with Gasteiger partial charge in [-0.15, -0.1) is 0 Å². The molecule has 0 spiro atoms. The van der Waals surface area contributed by atoms with Crippen LogP contribution in [0.25, 0.3) is 0 Å². The fourth-order valence-corrected chi connectivity index (χ4v) is 2.44. The first kappa shape index (κ1) is 22.4. The molecule has 2 unspecified atom stereocenters. The zero-order chi connectivity index (χ0) is 14.2. The van der Waals surface area contributed by atoms with E-state index < -0.39 is 15.5 Å². The molecule has 9 heteroatoms. The monoisotopic (exact) mass is 339 g/mol. The van der Waals surface area contributed by atoms with Gasteiger partial charge in [-0.25, -0.2) is 0 Å². The van der Waals surface area contributed by atoms with E-state index in [1.807, 2.05) is 0 Å². The van der Waals surface area contributed by atoms with Crippen LogP contribution in [0.5, 0.6) is 0 Å². The molecule has 1 amide bonds. The number of nitrogens with one attached hydrogen (secondary N) is 1. The maximum absolute atomic E-state index is 11.4. The molecule has 0 radical (unpaired) electrons. The molecule has 110 valence electrons. The molecule has 2 atom stereocenters. The van der Waals surface area contributed by atoms with E-state index >= 15 is 0 Å². The minimum atomic E-state index is -4.20. The summed E-state index contributed by atoms with van der Waals surface area (Å²) >= 11 is 8.47. The Bertz CT molecular complexity index is 351. The molecule has 0 aliphatic rings. The van der Waals surface area contributed by atoms with Crippen LogP contribution in [0.3, 0.4) is 0 Å². The average Bonchev–Trinajstić information content (AvgIpc) is 2.23. The number of hydrogen-bond donors (Lipinski definition) is 4. The molecular weight excluding hydrogens is 317 g/mol. The molecule has 0 aromatic heterocycles. The van der Waals surface area contributed by atoms with E-state index in [2.05, 4.69) is 30.6 Å². The minimum absolute atomic E-state index is 0. The summed E-state index contributed by atoms with van der Waals surface area (Å²) in [5, 5.41) is 1.26. The molecule has 5 nitrogen and oxygen atoms in total. The number of unbranched alkanes of at least 4 members (excludes halogenated alkanes) is 1. The Labute approximate surface area is 148 Å². The number of rotatable bonds is 9. The van der Waals surface area contributed by atoms with E-state index in [-0.39, 0.29) is 41.9 Å². The van der Waals surface area contributed by atoms with Gasteiger partial charge in [0.2, 0.25) is 5.91 Å². The molecule has 0 fully saturated rings. The van der Waals surface area contributed by atoms with Crippen LogP contribution < -0.4 is 5.32 Å². The Morgan fingerprint density at radius 3 is 2.37 bits per heavy atom. The van der Waals surface area contributed by atoms with Crippen LogP contribution in [0.1, 0.15) is 39.0 Å². The van der Waals surface area contributed by atoms with Crippen LogP contribution in [0.2, 0.25) is 0 Å². The van der Waals surface area contributed by atoms with Crippen molar-refractivity contribution in [3.63, 3.8) is 0 Å². The first-order valence-corrected chi connectivity index (χ1v) is 8.47. The molecule has 0 aliphatic carbocycles. The van der Waals surface area contributed by atoms with Crippen LogP contribution in [0.15, 0.2) is 0 Å². The normalized spacial score (nSPS) is 14.3. The van der Waals surface area contributed by atoms with Crippen LogP contribution in [0.4, 0.5) is 0 Å². The number of amides is 1. The van der Waals surface area contributed by atoms with Crippen molar-refractivity contribution in [2.24, 2.45) is 0 Å². The van der Waals surface area contributed by atoms with Gasteiger partial charge in [0.15, 0.2) is 5.37 Å². The van der Waals surface area contributed by atoms with Crippen molar-refractivity contribution in [2.75, 3.05) is 5.75 Å². The number of thiol groups is 2. The topological polar surface area (TPSA) is 83.5 Å². The van der Waals surface area contributed by atoms with E-state index in [1.54, 1.807) is 0 Å². The molecule has 0 saturated carbocycles. The van der Waals surface area contributed by atoms with Crippen LogP contribution in [-0.2, 0) is 14.9 Å². The summed E-state index contributed by atoms with van der Waals surface area (Å²) in [7, 11) is -4.20. The fourth-order valence-electron chi connectivity index (χ4n) is 1.33. The van der Waals surface area contributed by atoms with Crippen molar-refractivity contribution in [1.29, 1.82) is 0 Å². The first-order valence-electron chi connectivity index (χ1n) is 5.82. The van der Waals surface area contributed by atoms with E-state index in [0.29, 0.717) is 11.7 Å². The Morgan fingerprint density at radius 1 is 1.32 bits per heavy atom. The fraction of sp³-hybridized carbons (Fsp3) is 0.900. The first-order chi connectivity index (χ1) is 8.27. The summed E-state index contributed by atoms with van der Waals surface area (Å²) in [4.78, 5) is 11.4. The van der Waals surface area contributed by atoms with Crippen molar-refractivity contribution in [2.45, 2.75) is 49.7 Å². The second-order valence-corrected chi connectivity index (χ2v) is 7.05. The predicted molar refractivity (Wildman–Crippen MR) is 86.0 cm³/mol. The van der Waals surface area contributed by atoms with Gasteiger partial charge in [0.1, 0.15) is 0 Å². The third-order valence-electron chi connectivity index (χ3n) is 2.46. The van der Waals surface area contributed by atoms with E-state index in [9.17, 15) is 13.2 Å². The molecule has 19 heavy (non-hydrogen) atoms. The summed E-state index contributed by atoms with van der Waals surface area (Å²) in [5.41, 5.74) is 0. The van der Waals surface area contributed by atoms with Crippen molar-refractivity contribution in [1.82, 2.24) is 5.32 Å². The Kier molecular flexibility index (Phi) is 13.8. The zero-order valence-electron chi connectivity index (χ0n) is 10.4. The van der Waals surface area contributed by atoms with Crippen molar-refractivity contribution < 1.29 is 17.8 Å². The summed E-state index contributed by atoms with van der Waals surface area (Å²) in [6.07, 6.45) is 3.62. The molecule has 2 N–H and O–H groups in total. The molecular formula is C10H22NNaO4S3. The maximum atomic E-state index is 11.4. The Balaban J connectivity index is 0. The number of hydrogen-bond acceptors (Lipinski definition) is 5. The summed E-state index contributed by atoms with van der Waals surface area (Å²) in [5.74, 6) is 0.422. The van der Waals surface area contributed by atoms with Gasteiger partial charge in [-0.1, -0.05) is 6.42 Å². The molecule has 0 aromatic carbocycles. The van der Waals surface area contributed by atoms with Crippen molar-refractivity contribution in [3.05, 3.63) is 0 Å². The van der Waals surface area contributed by atoms with E-state index in [1.165, 1.54) is 6.92 Å². The summed E-state index contributed by atoms with van der Waals surface area (Å²) in [6.45, 7) is 1.23. The van der Waals surface area contributed by atoms with Gasteiger partial charge in [0.05, 0.1) is 0 Å². The number of carbonyl (C=O) groups excluding carboxylic acids is 1. The molecule has 0 aromatic rings.